The molecular formula is C28H27N7O. The molecule has 1 N–H and O–H groups in total. The Morgan fingerprint density at radius 3 is 2.50 bits per heavy atom. The summed E-state index contributed by atoms with van der Waals surface area (Å²) >= 11 is 0. The largest absolute Gasteiger partial charge is 0.378 e. The first-order chi connectivity index (χ1) is 17.6. The highest BCUT2D eigenvalue weighted by atomic mass is 16.5. The van der Waals surface area contributed by atoms with E-state index in [1.807, 2.05) is 49.3 Å². The van der Waals surface area contributed by atoms with Crippen LogP contribution < -0.4 is 10.2 Å². The van der Waals surface area contributed by atoms with Gasteiger partial charge in [-0.2, -0.15) is 5.26 Å². The van der Waals surface area contributed by atoms with Crippen molar-refractivity contribution < 1.29 is 4.74 Å². The smallest absolute Gasteiger partial charge is 0.141 e. The van der Waals surface area contributed by atoms with Crippen molar-refractivity contribution in [1.82, 2.24) is 14.9 Å². The minimum atomic E-state index is 0.522. The van der Waals surface area contributed by atoms with Crippen LogP contribution in [-0.2, 0) is 4.74 Å². The Bertz CT molecular complexity index is 1430. The molecule has 0 amide bonds. The number of nitriles is 1. The van der Waals surface area contributed by atoms with Gasteiger partial charge >= 0.3 is 0 Å². The van der Waals surface area contributed by atoms with Crippen molar-refractivity contribution in [2.75, 3.05) is 50.6 Å². The van der Waals surface area contributed by atoms with E-state index in [1.54, 1.807) is 12.7 Å². The minimum Gasteiger partial charge on any atom is -0.378 e. The SMILES string of the molecule is CN(C)/C=N\c1ccc(-c2ccc3ncnc(Nc4ccc(N5CCOCC5)cc4)c3c2)cc1C#N. The van der Waals surface area contributed by atoms with Gasteiger partial charge in [0.2, 0.25) is 0 Å². The molecule has 0 bridgehead atoms. The molecule has 1 aliphatic rings. The lowest BCUT2D eigenvalue weighted by Crippen LogP contribution is -2.36. The maximum Gasteiger partial charge on any atom is 0.141 e. The van der Waals surface area contributed by atoms with Crippen molar-refractivity contribution in [2.24, 2.45) is 4.99 Å². The molecule has 8 nitrogen and oxygen atoms in total. The molecule has 0 atom stereocenters. The lowest BCUT2D eigenvalue weighted by Gasteiger charge is -2.28. The fourth-order valence-electron chi connectivity index (χ4n) is 4.15. The Kier molecular flexibility index (Phi) is 6.74. The van der Waals surface area contributed by atoms with Crippen LogP contribution >= 0.6 is 0 Å². The second-order valence-corrected chi connectivity index (χ2v) is 8.78. The zero-order valence-electron chi connectivity index (χ0n) is 20.3. The number of hydrogen-bond donors (Lipinski definition) is 1. The van der Waals surface area contributed by atoms with E-state index in [0.29, 0.717) is 11.3 Å². The van der Waals surface area contributed by atoms with Gasteiger partial charge in [-0.3, -0.25) is 0 Å². The van der Waals surface area contributed by atoms with Gasteiger partial charge in [0.25, 0.3) is 0 Å². The fourth-order valence-corrected chi connectivity index (χ4v) is 4.15. The topological polar surface area (TPSA) is 89.7 Å². The van der Waals surface area contributed by atoms with E-state index in [-0.39, 0.29) is 0 Å². The van der Waals surface area contributed by atoms with Crippen molar-refractivity contribution >= 4 is 40.1 Å². The van der Waals surface area contributed by atoms with Crippen LogP contribution in [-0.4, -0.2) is 61.6 Å². The predicted octanol–water partition coefficient (Wildman–Crippen LogP) is 4.97. The number of benzene rings is 3. The maximum atomic E-state index is 9.66. The minimum absolute atomic E-state index is 0.522. The highest BCUT2D eigenvalue weighted by Crippen LogP contribution is 2.31. The van der Waals surface area contributed by atoms with E-state index in [0.717, 1.165) is 59.8 Å². The molecule has 8 heteroatoms. The van der Waals surface area contributed by atoms with Gasteiger partial charge < -0.3 is 19.9 Å². The monoisotopic (exact) mass is 477 g/mol. The van der Waals surface area contributed by atoms with Crippen LogP contribution in [0.25, 0.3) is 22.0 Å². The highest BCUT2D eigenvalue weighted by Gasteiger charge is 2.12. The molecule has 0 saturated carbocycles. The van der Waals surface area contributed by atoms with Crippen molar-refractivity contribution in [3.63, 3.8) is 0 Å². The molecular weight excluding hydrogens is 450 g/mol. The first kappa shape index (κ1) is 23.3. The molecule has 1 aromatic heterocycles. The van der Waals surface area contributed by atoms with Crippen LogP contribution in [0.2, 0.25) is 0 Å². The third kappa shape index (κ3) is 5.11. The first-order valence-electron chi connectivity index (χ1n) is 11.8. The number of anilines is 3. The zero-order chi connectivity index (χ0) is 24.9. The van der Waals surface area contributed by atoms with Gasteiger partial charge in [0.15, 0.2) is 0 Å². The van der Waals surface area contributed by atoms with Crippen molar-refractivity contribution in [3.8, 4) is 17.2 Å². The lowest BCUT2D eigenvalue weighted by molar-refractivity contribution is 0.122. The standard InChI is InChI=1S/C28H27N7O/c1-34(2)19-32-26-9-3-20(15-22(26)17-29)21-4-10-27-25(16-21)28(31-18-30-27)33-23-5-7-24(8-6-23)35-11-13-36-14-12-35/h3-10,15-16,18-19H,11-14H2,1-2H3,(H,30,31,33)/b32-19-. The van der Waals surface area contributed by atoms with Crippen LogP contribution in [0.15, 0.2) is 72.0 Å². The number of morpholine rings is 1. The number of aliphatic imine (C=N–C) groups is 1. The Balaban J connectivity index is 1.43. The van der Waals surface area contributed by atoms with Gasteiger partial charge in [-0.15, -0.1) is 0 Å². The van der Waals surface area contributed by atoms with Gasteiger partial charge in [-0.1, -0.05) is 12.1 Å². The summed E-state index contributed by atoms with van der Waals surface area (Å²) in [6.45, 7) is 3.33. The lowest BCUT2D eigenvalue weighted by atomic mass is 10.0. The number of nitrogens with zero attached hydrogens (tertiary/aromatic N) is 6. The molecule has 36 heavy (non-hydrogen) atoms. The highest BCUT2D eigenvalue weighted by molar-refractivity contribution is 5.94. The number of aromatic nitrogens is 2. The molecule has 0 unspecified atom stereocenters. The van der Waals surface area contributed by atoms with Crippen LogP contribution in [0, 0.1) is 11.3 Å². The summed E-state index contributed by atoms with van der Waals surface area (Å²) in [6.07, 6.45) is 3.26. The molecule has 1 fully saturated rings. The van der Waals surface area contributed by atoms with Crippen molar-refractivity contribution in [1.29, 1.82) is 5.26 Å². The normalized spacial score (nSPS) is 13.6. The van der Waals surface area contributed by atoms with Gasteiger partial charge in [0, 0.05) is 43.9 Å². The maximum absolute atomic E-state index is 9.66. The van der Waals surface area contributed by atoms with Crippen LogP contribution in [0.1, 0.15) is 5.56 Å². The van der Waals surface area contributed by atoms with E-state index in [2.05, 4.69) is 61.6 Å². The summed E-state index contributed by atoms with van der Waals surface area (Å²) in [5.74, 6) is 0.730. The van der Waals surface area contributed by atoms with Crippen LogP contribution in [0.4, 0.5) is 22.9 Å². The van der Waals surface area contributed by atoms with Crippen LogP contribution in [0.5, 0.6) is 0 Å². The molecule has 1 aliphatic heterocycles. The number of ether oxygens (including phenoxy) is 1. The number of fused-ring (bicyclic) bond motifs is 1. The first-order valence-corrected chi connectivity index (χ1v) is 11.8. The number of rotatable bonds is 6. The molecule has 0 aliphatic carbocycles. The van der Waals surface area contributed by atoms with E-state index >= 15 is 0 Å². The second-order valence-electron chi connectivity index (χ2n) is 8.78. The molecule has 4 aromatic rings. The average Bonchev–Trinajstić information content (AvgIpc) is 2.92. The van der Waals surface area contributed by atoms with Gasteiger partial charge in [0.1, 0.15) is 18.2 Å². The molecule has 5 rings (SSSR count). The molecule has 1 saturated heterocycles. The Morgan fingerprint density at radius 2 is 1.75 bits per heavy atom. The van der Waals surface area contributed by atoms with Gasteiger partial charge in [0.05, 0.1) is 36.3 Å². The average molecular weight is 478 g/mol. The van der Waals surface area contributed by atoms with Crippen molar-refractivity contribution in [2.45, 2.75) is 0 Å². The van der Waals surface area contributed by atoms with Crippen molar-refractivity contribution in [3.05, 3.63) is 72.6 Å². The second kappa shape index (κ2) is 10.4. The van der Waals surface area contributed by atoms with Gasteiger partial charge in [-0.25, -0.2) is 15.0 Å². The third-order valence-electron chi connectivity index (χ3n) is 6.02. The van der Waals surface area contributed by atoms with Crippen LogP contribution in [0.3, 0.4) is 0 Å². The summed E-state index contributed by atoms with van der Waals surface area (Å²) in [6, 6.07) is 22.4. The molecule has 2 heterocycles. The Hall–Kier alpha value is -4.48. The zero-order valence-corrected chi connectivity index (χ0v) is 20.3. The summed E-state index contributed by atoms with van der Waals surface area (Å²) in [5, 5.41) is 14.0. The quantitative estimate of drug-likeness (QED) is 0.310. The molecule has 0 radical (unpaired) electrons. The number of hydrogen-bond acceptors (Lipinski definition) is 7. The summed E-state index contributed by atoms with van der Waals surface area (Å²) in [5.41, 5.74) is 6.05. The molecule has 3 aromatic carbocycles. The number of nitrogens with one attached hydrogen (secondary N) is 1. The summed E-state index contributed by atoms with van der Waals surface area (Å²) in [4.78, 5) is 17.5. The van der Waals surface area contributed by atoms with E-state index < -0.39 is 0 Å². The molecule has 0 spiro atoms. The summed E-state index contributed by atoms with van der Waals surface area (Å²) < 4.78 is 5.45. The third-order valence-corrected chi connectivity index (χ3v) is 6.02. The van der Waals surface area contributed by atoms with E-state index in [9.17, 15) is 5.26 Å². The van der Waals surface area contributed by atoms with Gasteiger partial charge in [-0.05, 0) is 59.7 Å². The molecule has 180 valence electrons. The summed E-state index contributed by atoms with van der Waals surface area (Å²) in [7, 11) is 3.79. The predicted molar refractivity (Wildman–Crippen MR) is 144 cm³/mol. The fraction of sp³-hybridized carbons (Fsp3) is 0.214. The van der Waals surface area contributed by atoms with E-state index in [1.165, 1.54) is 5.69 Å². The Labute approximate surface area is 210 Å². The van der Waals surface area contributed by atoms with E-state index in [4.69, 9.17) is 4.74 Å². The Morgan fingerprint density at radius 1 is 1.00 bits per heavy atom.